The first kappa shape index (κ1) is 27.7. The fourth-order valence-electron chi connectivity index (χ4n) is 3.87. The number of likely N-dealkylation sites (tertiary alicyclic amines) is 1. The van der Waals surface area contributed by atoms with Gasteiger partial charge in [-0.05, 0) is 81.8 Å². The molecule has 1 fully saturated rings. The summed E-state index contributed by atoms with van der Waals surface area (Å²) in [5.41, 5.74) is 0.266. The van der Waals surface area contributed by atoms with Crippen LogP contribution in [-0.4, -0.2) is 48.2 Å². The fraction of sp³-hybridized carbons (Fsp3) is 0.680. The highest BCUT2D eigenvalue weighted by Gasteiger charge is 2.31. The topological polar surface area (TPSA) is 70.7 Å². The van der Waals surface area contributed by atoms with E-state index in [0.717, 1.165) is 38.0 Å². The molecule has 1 aromatic rings. The van der Waals surface area contributed by atoms with Gasteiger partial charge in [0.2, 0.25) is 5.91 Å². The summed E-state index contributed by atoms with van der Waals surface area (Å²) in [6.45, 7) is 15.0. The molecule has 0 aromatic heterocycles. The SMILES string of the molecule is CC(C)(C)OC(=O)NC(CN1CCC(CC(=O)NCc2cc(Cl)cc(Cl)c2)CC1)C(C)(C)C. The molecule has 6 nitrogen and oxygen atoms in total. The van der Waals surface area contributed by atoms with Gasteiger partial charge in [-0.3, -0.25) is 4.79 Å². The van der Waals surface area contributed by atoms with Crippen LogP contribution in [0.25, 0.3) is 0 Å². The molecule has 2 N–H and O–H groups in total. The number of benzene rings is 1. The molecular weight excluding hydrogens is 461 g/mol. The minimum absolute atomic E-state index is 0.0308. The molecule has 0 aliphatic carbocycles. The normalized spacial score (nSPS) is 16.8. The zero-order valence-corrected chi connectivity index (χ0v) is 22.3. The second kappa shape index (κ2) is 11.8. The molecule has 1 aliphatic heterocycles. The molecule has 0 radical (unpaired) electrons. The number of carbonyl (C=O) groups is 2. The summed E-state index contributed by atoms with van der Waals surface area (Å²) in [5.74, 6) is 0.403. The molecule has 2 amide bonds. The highest BCUT2D eigenvalue weighted by Crippen LogP contribution is 2.25. The van der Waals surface area contributed by atoms with Gasteiger partial charge in [0.1, 0.15) is 5.60 Å². The van der Waals surface area contributed by atoms with Crippen LogP contribution in [0.3, 0.4) is 0 Å². The Morgan fingerprint density at radius 2 is 1.64 bits per heavy atom. The average Bonchev–Trinajstić information content (AvgIpc) is 2.64. The van der Waals surface area contributed by atoms with E-state index in [9.17, 15) is 9.59 Å². The van der Waals surface area contributed by atoms with Crippen LogP contribution in [0.5, 0.6) is 0 Å². The van der Waals surface area contributed by atoms with Gasteiger partial charge >= 0.3 is 6.09 Å². The van der Waals surface area contributed by atoms with E-state index in [2.05, 4.69) is 36.3 Å². The van der Waals surface area contributed by atoms with Crippen molar-refractivity contribution in [2.75, 3.05) is 19.6 Å². The quantitative estimate of drug-likeness (QED) is 0.508. The van der Waals surface area contributed by atoms with Crippen molar-refractivity contribution in [3.8, 4) is 0 Å². The molecule has 33 heavy (non-hydrogen) atoms. The summed E-state index contributed by atoms with van der Waals surface area (Å²) >= 11 is 12.0. The van der Waals surface area contributed by atoms with Crippen molar-refractivity contribution in [2.24, 2.45) is 11.3 Å². The second-order valence-electron chi connectivity index (χ2n) is 11.1. The third-order valence-corrected chi connectivity index (χ3v) is 6.21. The third kappa shape index (κ3) is 10.5. The Labute approximate surface area is 208 Å². The van der Waals surface area contributed by atoms with Crippen molar-refractivity contribution in [2.45, 2.75) is 79.0 Å². The van der Waals surface area contributed by atoms with Gasteiger partial charge in [0, 0.05) is 35.6 Å². The lowest BCUT2D eigenvalue weighted by Gasteiger charge is -2.39. The molecule has 1 heterocycles. The van der Waals surface area contributed by atoms with E-state index < -0.39 is 5.60 Å². The lowest BCUT2D eigenvalue weighted by molar-refractivity contribution is -0.122. The Kier molecular flexibility index (Phi) is 9.89. The van der Waals surface area contributed by atoms with Crippen LogP contribution in [-0.2, 0) is 16.1 Å². The van der Waals surface area contributed by atoms with Crippen molar-refractivity contribution in [3.05, 3.63) is 33.8 Å². The number of alkyl carbamates (subject to hydrolysis) is 1. The number of ether oxygens (including phenoxy) is 1. The molecule has 0 saturated carbocycles. The van der Waals surface area contributed by atoms with E-state index in [1.807, 2.05) is 32.9 Å². The third-order valence-electron chi connectivity index (χ3n) is 5.77. The monoisotopic (exact) mass is 499 g/mol. The maximum Gasteiger partial charge on any atom is 0.407 e. The predicted molar refractivity (Wildman–Crippen MR) is 135 cm³/mol. The number of nitrogens with zero attached hydrogens (tertiary/aromatic N) is 1. The Balaban J connectivity index is 1.78. The summed E-state index contributed by atoms with van der Waals surface area (Å²) in [6, 6.07) is 5.26. The minimum Gasteiger partial charge on any atom is -0.444 e. The summed E-state index contributed by atoms with van der Waals surface area (Å²) in [6.07, 6.45) is 2.05. The lowest BCUT2D eigenvalue weighted by atomic mass is 9.85. The first-order valence-corrected chi connectivity index (χ1v) is 12.4. The van der Waals surface area contributed by atoms with Crippen LogP contribution >= 0.6 is 23.2 Å². The Hall–Kier alpha value is -1.50. The Morgan fingerprint density at radius 3 is 2.15 bits per heavy atom. The standard InChI is InChI=1S/C25H39Cl2N3O3/c1-24(2,3)21(29-23(32)33-25(4,5)6)16-30-9-7-17(8-10-30)13-22(31)28-15-18-11-19(26)14-20(27)12-18/h11-12,14,17,21H,7-10,13,15-16H2,1-6H3,(H,28,31)(H,29,32). The van der Waals surface area contributed by atoms with Gasteiger partial charge in [-0.1, -0.05) is 44.0 Å². The van der Waals surface area contributed by atoms with E-state index in [1.165, 1.54) is 0 Å². The molecule has 0 bridgehead atoms. The summed E-state index contributed by atoms with van der Waals surface area (Å²) < 4.78 is 5.45. The molecule has 1 atom stereocenters. The van der Waals surface area contributed by atoms with E-state index in [-0.39, 0.29) is 23.5 Å². The van der Waals surface area contributed by atoms with Crippen LogP contribution in [0.1, 0.15) is 66.4 Å². The molecule has 1 saturated heterocycles. The highest BCUT2D eigenvalue weighted by molar-refractivity contribution is 6.34. The molecule has 2 rings (SSSR count). The van der Waals surface area contributed by atoms with Crippen molar-refractivity contribution < 1.29 is 14.3 Å². The van der Waals surface area contributed by atoms with Crippen molar-refractivity contribution >= 4 is 35.2 Å². The number of piperidine rings is 1. The smallest absolute Gasteiger partial charge is 0.407 e. The molecule has 1 aromatic carbocycles. The van der Waals surface area contributed by atoms with Crippen LogP contribution in [0.2, 0.25) is 10.0 Å². The number of rotatable bonds is 7. The maximum absolute atomic E-state index is 12.4. The number of amides is 2. The van der Waals surface area contributed by atoms with Gasteiger partial charge in [-0.2, -0.15) is 0 Å². The van der Waals surface area contributed by atoms with Crippen molar-refractivity contribution in [1.82, 2.24) is 15.5 Å². The average molecular weight is 501 g/mol. The van der Waals surface area contributed by atoms with Gasteiger partial charge < -0.3 is 20.3 Å². The molecule has 8 heteroatoms. The Bertz CT molecular complexity index is 790. The van der Waals surface area contributed by atoms with E-state index in [0.29, 0.717) is 28.9 Å². The maximum atomic E-state index is 12.4. The number of hydrogen-bond donors (Lipinski definition) is 2. The Morgan fingerprint density at radius 1 is 1.06 bits per heavy atom. The van der Waals surface area contributed by atoms with E-state index >= 15 is 0 Å². The molecule has 186 valence electrons. The highest BCUT2D eigenvalue weighted by atomic mass is 35.5. The number of carbonyl (C=O) groups excluding carboxylic acids is 2. The van der Waals surface area contributed by atoms with Gasteiger partial charge in [0.15, 0.2) is 0 Å². The van der Waals surface area contributed by atoms with Crippen LogP contribution in [0, 0.1) is 11.3 Å². The van der Waals surface area contributed by atoms with E-state index in [1.54, 1.807) is 6.07 Å². The summed E-state index contributed by atoms with van der Waals surface area (Å²) in [5, 5.41) is 7.16. The predicted octanol–water partition coefficient (Wildman–Crippen LogP) is 5.65. The second-order valence-corrected chi connectivity index (χ2v) is 11.9. The van der Waals surface area contributed by atoms with Gasteiger partial charge in [0.25, 0.3) is 0 Å². The minimum atomic E-state index is -0.523. The number of hydrogen-bond acceptors (Lipinski definition) is 4. The zero-order chi connectivity index (χ0) is 24.8. The zero-order valence-electron chi connectivity index (χ0n) is 20.8. The summed E-state index contributed by atoms with van der Waals surface area (Å²) in [7, 11) is 0. The van der Waals surface area contributed by atoms with Crippen molar-refractivity contribution in [3.63, 3.8) is 0 Å². The van der Waals surface area contributed by atoms with Crippen LogP contribution in [0.4, 0.5) is 4.79 Å². The first-order chi connectivity index (χ1) is 15.2. The fourth-order valence-corrected chi connectivity index (χ4v) is 4.44. The summed E-state index contributed by atoms with van der Waals surface area (Å²) in [4.78, 5) is 27.1. The molecular formula is C25H39Cl2N3O3. The van der Waals surface area contributed by atoms with Gasteiger partial charge in [0.05, 0.1) is 0 Å². The van der Waals surface area contributed by atoms with E-state index in [4.69, 9.17) is 27.9 Å². The van der Waals surface area contributed by atoms with Gasteiger partial charge in [-0.15, -0.1) is 0 Å². The van der Waals surface area contributed by atoms with Crippen molar-refractivity contribution in [1.29, 1.82) is 0 Å². The number of halogens is 2. The number of nitrogens with one attached hydrogen (secondary N) is 2. The first-order valence-electron chi connectivity index (χ1n) is 11.6. The van der Waals surface area contributed by atoms with Crippen LogP contribution < -0.4 is 10.6 Å². The molecule has 0 spiro atoms. The molecule has 1 aliphatic rings. The van der Waals surface area contributed by atoms with Crippen LogP contribution in [0.15, 0.2) is 18.2 Å². The lowest BCUT2D eigenvalue weighted by Crippen LogP contribution is -2.53. The largest absolute Gasteiger partial charge is 0.444 e. The molecule has 1 unspecified atom stereocenters. The van der Waals surface area contributed by atoms with Gasteiger partial charge in [-0.25, -0.2) is 4.79 Å².